The molecule has 0 saturated heterocycles. The number of carbonyl (C=O) groups excluding carboxylic acids is 1. The summed E-state index contributed by atoms with van der Waals surface area (Å²) in [6.07, 6.45) is 0.200. The standard InChI is InChI=1S/C10H18O5/c1-5-9(2,14)6-10(3,7(11)12)8(13)15-4/h14H,5-6H2,1-4H3,(H,11,12). The Morgan fingerprint density at radius 2 is 1.80 bits per heavy atom. The van der Waals surface area contributed by atoms with E-state index in [1.54, 1.807) is 6.92 Å². The van der Waals surface area contributed by atoms with Crippen molar-refractivity contribution >= 4 is 11.9 Å². The van der Waals surface area contributed by atoms with Gasteiger partial charge in [-0.1, -0.05) is 6.92 Å². The SMILES string of the molecule is CCC(C)(O)CC(C)(C(=O)O)C(=O)OC. The highest BCUT2D eigenvalue weighted by Gasteiger charge is 2.46. The van der Waals surface area contributed by atoms with Crippen LogP contribution in [0.4, 0.5) is 0 Å². The molecule has 2 N–H and O–H groups in total. The van der Waals surface area contributed by atoms with Crippen LogP contribution in [0.1, 0.15) is 33.6 Å². The van der Waals surface area contributed by atoms with E-state index < -0.39 is 23.0 Å². The molecular weight excluding hydrogens is 200 g/mol. The van der Waals surface area contributed by atoms with E-state index in [1.165, 1.54) is 13.8 Å². The van der Waals surface area contributed by atoms with Crippen molar-refractivity contribution in [3.63, 3.8) is 0 Å². The monoisotopic (exact) mass is 218 g/mol. The summed E-state index contributed by atoms with van der Waals surface area (Å²) in [5.74, 6) is -2.13. The van der Waals surface area contributed by atoms with Gasteiger partial charge in [0.1, 0.15) is 0 Å². The maximum absolute atomic E-state index is 11.4. The molecule has 0 aliphatic carbocycles. The maximum Gasteiger partial charge on any atom is 0.323 e. The maximum atomic E-state index is 11.4. The first-order valence-electron chi connectivity index (χ1n) is 4.74. The van der Waals surface area contributed by atoms with E-state index in [0.717, 1.165) is 7.11 Å². The van der Waals surface area contributed by atoms with Crippen molar-refractivity contribution in [1.82, 2.24) is 0 Å². The van der Waals surface area contributed by atoms with Gasteiger partial charge in [-0.05, 0) is 20.3 Å². The summed E-state index contributed by atoms with van der Waals surface area (Å²) in [5, 5.41) is 18.8. The summed E-state index contributed by atoms with van der Waals surface area (Å²) >= 11 is 0. The number of esters is 1. The van der Waals surface area contributed by atoms with Gasteiger partial charge >= 0.3 is 11.9 Å². The molecule has 0 rings (SSSR count). The highest BCUT2D eigenvalue weighted by Crippen LogP contribution is 2.31. The molecule has 0 aromatic rings. The fraction of sp³-hybridized carbons (Fsp3) is 0.800. The largest absolute Gasteiger partial charge is 0.480 e. The number of aliphatic carboxylic acids is 1. The van der Waals surface area contributed by atoms with E-state index in [9.17, 15) is 14.7 Å². The van der Waals surface area contributed by atoms with Gasteiger partial charge in [0.25, 0.3) is 0 Å². The molecule has 0 aliphatic rings. The van der Waals surface area contributed by atoms with Crippen LogP contribution in [-0.4, -0.2) is 34.9 Å². The molecule has 0 aromatic carbocycles. The molecule has 88 valence electrons. The molecule has 2 unspecified atom stereocenters. The van der Waals surface area contributed by atoms with Crippen molar-refractivity contribution < 1.29 is 24.5 Å². The molecule has 0 spiro atoms. The Morgan fingerprint density at radius 1 is 1.33 bits per heavy atom. The molecule has 0 bridgehead atoms. The topological polar surface area (TPSA) is 83.8 Å². The highest BCUT2D eigenvalue weighted by atomic mass is 16.5. The summed E-state index contributed by atoms with van der Waals surface area (Å²) in [6.45, 7) is 4.47. The van der Waals surface area contributed by atoms with Crippen LogP contribution in [-0.2, 0) is 14.3 Å². The number of ether oxygens (including phenoxy) is 1. The molecule has 0 amide bonds. The van der Waals surface area contributed by atoms with Crippen molar-refractivity contribution in [2.24, 2.45) is 5.41 Å². The molecular formula is C10H18O5. The first-order chi connectivity index (χ1) is 6.69. The average Bonchev–Trinajstić information content (AvgIpc) is 2.15. The predicted octanol–water partition coefficient (Wildman–Crippen LogP) is 0.801. The lowest BCUT2D eigenvalue weighted by molar-refractivity contribution is -0.170. The van der Waals surface area contributed by atoms with Crippen LogP contribution >= 0.6 is 0 Å². The molecule has 0 fully saturated rings. The van der Waals surface area contributed by atoms with Crippen LogP contribution in [0.3, 0.4) is 0 Å². The van der Waals surface area contributed by atoms with Crippen LogP contribution in [0.5, 0.6) is 0 Å². The first kappa shape index (κ1) is 13.9. The Labute approximate surface area is 89.0 Å². The third-order valence-corrected chi connectivity index (χ3v) is 2.60. The molecule has 15 heavy (non-hydrogen) atoms. The van der Waals surface area contributed by atoms with Gasteiger partial charge in [0.15, 0.2) is 5.41 Å². The van der Waals surface area contributed by atoms with Gasteiger partial charge in [0, 0.05) is 6.42 Å². The molecule has 0 heterocycles. The Morgan fingerprint density at radius 3 is 2.07 bits per heavy atom. The Balaban J connectivity index is 4.98. The second-order valence-corrected chi connectivity index (χ2v) is 4.16. The second kappa shape index (κ2) is 4.61. The van der Waals surface area contributed by atoms with Gasteiger partial charge in [-0.25, -0.2) is 0 Å². The van der Waals surface area contributed by atoms with Crippen molar-refractivity contribution in [2.75, 3.05) is 7.11 Å². The fourth-order valence-corrected chi connectivity index (χ4v) is 1.35. The minimum atomic E-state index is -1.70. The van der Waals surface area contributed by atoms with E-state index >= 15 is 0 Å². The van der Waals surface area contributed by atoms with Crippen LogP contribution in [0.25, 0.3) is 0 Å². The molecule has 0 aliphatic heterocycles. The van der Waals surface area contributed by atoms with Gasteiger partial charge in [0.2, 0.25) is 0 Å². The summed E-state index contributed by atoms with van der Waals surface area (Å²) < 4.78 is 4.44. The number of aliphatic hydroxyl groups is 1. The number of hydrogen-bond donors (Lipinski definition) is 2. The van der Waals surface area contributed by atoms with Crippen molar-refractivity contribution in [3.8, 4) is 0 Å². The number of carboxylic acid groups (broad SMARTS) is 1. The smallest absolute Gasteiger partial charge is 0.323 e. The van der Waals surface area contributed by atoms with Crippen LogP contribution in [0.15, 0.2) is 0 Å². The predicted molar refractivity (Wildman–Crippen MR) is 53.3 cm³/mol. The van der Waals surface area contributed by atoms with Gasteiger partial charge in [0.05, 0.1) is 12.7 Å². The number of carboxylic acids is 1. The van der Waals surface area contributed by atoms with E-state index in [4.69, 9.17) is 5.11 Å². The molecule has 5 heteroatoms. The van der Waals surface area contributed by atoms with Crippen molar-refractivity contribution in [2.45, 2.75) is 39.2 Å². The molecule has 2 atom stereocenters. The quantitative estimate of drug-likeness (QED) is 0.526. The lowest BCUT2D eigenvalue weighted by atomic mass is 9.78. The van der Waals surface area contributed by atoms with E-state index in [1.807, 2.05) is 0 Å². The van der Waals surface area contributed by atoms with Crippen molar-refractivity contribution in [3.05, 3.63) is 0 Å². The lowest BCUT2D eigenvalue weighted by Crippen LogP contribution is -2.44. The average molecular weight is 218 g/mol. The molecule has 5 nitrogen and oxygen atoms in total. The van der Waals surface area contributed by atoms with Crippen LogP contribution in [0.2, 0.25) is 0 Å². The van der Waals surface area contributed by atoms with E-state index in [-0.39, 0.29) is 6.42 Å². The third-order valence-electron chi connectivity index (χ3n) is 2.60. The van der Waals surface area contributed by atoms with Gasteiger partial charge < -0.3 is 14.9 Å². The van der Waals surface area contributed by atoms with Gasteiger partial charge in [-0.2, -0.15) is 0 Å². The Kier molecular flexibility index (Phi) is 4.27. The molecule has 0 saturated carbocycles. The Hall–Kier alpha value is -1.10. The lowest BCUT2D eigenvalue weighted by Gasteiger charge is -2.30. The van der Waals surface area contributed by atoms with Crippen LogP contribution < -0.4 is 0 Å². The minimum Gasteiger partial charge on any atom is -0.480 e. The summed E-state index contributed by atoms with van der Waals surface area (Å²) in [5.41, 5.74) is -2.89. The highest BCUT2D eigenvalue weighted by molar-refractivity contribution is 5.98. The van der Waals surface area contributed by atoms with Crippen LogP contribution in [0, 0.1) is 5.41 Å². The number of rotatable bonds is 5. The summed E-state index contributed by atoms with van der Waals surface area (Å²) in [6, 6.07) is 0. The normalized spacial score (nSPS) is 18.7. The number of carbonyl (C=O) groups is 2. The zero-order valence-electron chi connectivity index (χ0n) is 9.53. The Bertz CT molecular complexity index is 259. The molecule has 0 radical (unpaired) electrons. The zero-order chi connectivity index (χ0) is 12.3. The van der Waals surface area contributed by atoms with E-state index in [0.29, 0.717) is 6.42 Å². The summed E-state index contributed by atoms with van der Waals surface area (Å²) in [4.78, 5) is 22.4. The number of hydrogen-bond acceptors (Lipinski definition) is 4. The summed E-state index contributed by atoms with van der Waals surface area (Å²) in [7, 11) is 1.13. The second-order valence-electron chi connectivity index (χ2n) is 4.16. The first-order valence-corrected chi connectivity index (χ1v) is 4.74. The van der Waals surface area contributed by atoms with Crippen molar-refractivity contribution in [1.29, 1.82) is 0 Å². The van der Waals surface area contributed by atoms with Gasteiger partial charge in [-0.15, -0.1) is 0 Å². The third kappa shape index (κ3) is 3.20. The minimum absolute atomic E-state index is 0.168. The fourth-order valence-electron chi connectivity index (χ4n) is 1.35. The number of methoxy groups -OCH3 is 1. The van der Waals surface area contributed by atoms with Gasteiger partial charge in [-0.3, -0.25) is 9.59 Å². The van der Waals surface area contributed by atoms with E-state index in [2.05, 4.69) is 4.74 Å². The zero-order valence-corrected chi connectivity index (χ0v) is 9.53. The molecule has 0 aromatic heterocycles.